The number of halogens is 1. The fraction of sp³-hybridized carbons (Fsp3) is 0.583. The lowest BCUT2D eigenvalue weighted by Gasteiger charge is -2.25. The first kappa shape index (κ1) is 13.1. The number of nitrogens with zero attached hydrogens (tertiary/aromatic N) is 3. The van der Waals surface area contributed by atoms with E-state index < -0.39 is 4.92 Å². The first-order valence-corrected chi connectivity index (χ1v) is 6.44. The molecule has 2 rings (SSSR count). The number of hydrogen-bond acceptors (Lipinski definition) is 4. The summed E-state index contributed by atoms with van der Waals surface area (Å²) >= 11 is 5.86. The largest absolute Gasteiger partial charge is 0.353 e. The summed E-state index contributed by atoms with van der Waals surface area (Å²) in [4.78, 5) is 16.7. The van der Waals surface area contributed by atoms with E-state index >= 15 is 0 Å². The Morgan fingerprint density at radius 2 is 2.22 bits per heavy atom. The van der Waals surface area contributed by atoms with Crippen LogP contribution in [0, 0.1) is 16.0 Å². The second-order valence-corrected chi connectivity index (χ2v) is 5.43. The first-order chi connectivity index (χ1) is 8.47. The van der Waals surface area contributed by atoms with Gasteiger partial charge in [0, 0.05) is 12.6 Å². The number of aromatic nitrogens is 1. The smallest absolute Gasteiger partial charge is 0.276 e. The molecule has 0 amide bonds. The molecule has 1 saturated carbocycles. The summed E-state index contributed by atoms with van der Waals surface area (Å²) < 4.78 is 0. The second-order valence-electron chi connectivity index (χ2n) is 5.04. The lowest BCUT2D eigenvalue weighted by Crippen LogP contribution is -2.30. The molecular formula is C12H16ClN3O2. The number of anilines is 1. The molecule has 1 aromatic heterocycles. The van der Waals surface area contributed by atoms with Gasteiger partial charge in [-0.05, 0) is 18.8 Å². The fourth-order valence-corrected chi connectivity index (χ4v) is 2.13. The van der Waals surface area contributed by atoms with Gasteiger partial charge in [-0.25, -0.2) is 4.98 Å². The van der Waals surface area contributed by atoms with Crippen molar-refractivity contribution in [2.24, 2.45) is 5.92 Å². The molecule has 0 spiro atoms. The zero-order chi connectivity index (χ0) is 13.3. The van der Waals surface area contributed by atoms with Crippen molar-refractivity contribution in [1.82, 2.24) is 4.98 Å². The zero-order valence-electron chi connectivity index (χ0n) is 10.5. The van der Waals surface area contributed by atoms with Crippen molar-refractivity contribution in [2.45, 2.75) is 32.7 Å². The lowest BCUT2D eigenvalue weighted by atomic mass is 10.2. The van der Waals surface area contributed by atoms with Crippen LogP contribution in [-0.2, 0) is 0 Å². The van der Waals surface area contributed by atoms with Crippen molar-refractivity contribution in [3.8, 4) is 0 Å². The van der Waals surface area contributed by atoms with Crippen molar-refractivity contribution in [3.05, 3.63) is 27.4 Å². The van der Waals surface area contributed by atoms with Crippen LogP contribution in [-0.4, -0.2) is 22.5 Å². The predicted octanol–water partition coefficient (Wildman–Crippen LogP) is 3.27. The lowest BCUT2D eigenvalue weighted by molar-refractivity contribution is -0.384. The number of hydrogen-bond donors (Lipinski definition) is 0. The highest BCUT2D eigenvalue weighted by Crippen LogP contribution is 2.33. The molecule has 0 unspecified atom stereocenters. The Kier molecular flexibility index (Phi) is 3.71. The predicted molar refractivity (Wildman–Crippen MR) is 71.1 cm³/mol. The van der Waals surface area contributed by atoms with Crippen LogP contribution in [0.1, 0.15) is 26.7 Å². The van der Waals surface area contributed by atoms with E-state index in [9.17, 15) is 10.1 Å². The van der Waals surface area contributed by atoms with E-state index in [0.717, 1.165) is 19.4 Å². The summed E-state index contributed by atoms with van der Waals surface area (Å²) in [5.41, 5.74) is -0.000550. The molecule has 0 saturated heterocycles. The van der Waals surface area contributed by atoms with Crippen LogP contribution in [0.5, 0.6) is 0 Å². The molecule has 18 heavy (non-hydrogen) atoms. The Morgan fingerprint density at radius 3 is 2.72 bits per heavy atom. The Hall–Kier alpha value is -1.36. The third kappa shape index (κ3) is 3.10. The Morgan fingerprint density at radius 1 is 1.56 bits per heavy atom. The Labute approximate surface area is 111 Å². The normalized spacial score (nSPS) is 14.9. The molecule has 0 bridgehead atoms. The summed E-state index contributed by atoms with van der Waals surface area (Å²) in [6.07, 6.45) is 2.24. The highest BCUT2D eigenvalue weighted by molar-refractivity contribution is 6.29. The molecular weight excluding hydrogens is 254 g/mol. The zero-order valence-corrected chi connectivity index (χ0v) is 11.2. The minimum absolute atomic E-state index is 0.000550. The minimum Gasteiger partial charge on any atom is -0.353 e. The van der Waals surface area contributed by atoms with Crippen molar-refractivity contribution >= 4 is 23.1 Å². The molecule has 1 aromatic rings. The van der Waals surface area contributed by atoms with Crippen molar-refractivity contribution in [2.75, 3.05) is 11.4 Å². The summed E-state index contributed by atoms with van der Waals surface area (Å²) in [5, 5.41) is 11.0. The van der Waals surface area contributed by atoms with Gasteiger partial charge in [0.2, 0.25) is 0 Å². The van der Waals surface area contributed by atoms with Gasteiger partial charge < -0.3 is 4.90 Å². The minimum atomic E-state index is -0.433. The topological polar surface area (TPSA) is 59.3 Å². The van der Waals surface area contributed by atoms with E-state index in [4.69, 9.17) is 11.6 Å². The quantitative estimate of drug-likeness (QED) is 0.468. The molecule has 1 heterocycles. The van der Waals surface area contributed by atoms with Gasteiger partial charge in [-0.1, -0.05) is 25.4 Å². The van der Waals surface area contributed by atoms with Crippen LogP contribution in [0.15, 0.2) is 12.1 Å². The van der Waals surface area contributed by atoms with Gasteiger partial charge >= 0.3 is 0 Å². The maximum atomic E-state index is 10.8. The number of rotatable bonds is 5. The molecule has 98 valence electrons. The van der Waals surface area contributed by atoms with Gasteiger partial charge in [0.05, 0.1) is 17.1 Å². The van der Waals surface area contributed by atoms with E-state index in [2.05, 4.69) is 23.7 Å². The van der Waals surface area contributed by atoms with Gasteiger partial charge in [0.1, 0.15) is 11.0 Å². The maximum Gasteiger partial charge on any atom is 0.276 e. The maximum absolute atomic E-state index is 10.8. The number of nitro groups is 1. The molecule has 0 aromatic carbocycles. The highest BCUT2D eigenvalue weighted by atomic mass is 35.5. The third-order valence-corrected chi connectivity index (χ3v) is 3.01. The standard InChI is InChI=1S/C12H16ClN3O2/c1-8(2)7-15(9-3-4-9)12-6-10(16(17)18)5-11(13)14-12/h5-6,8-9H,3-4,7H2,1-2H3. The van der Waals surface area contributed by atoms with Gasteiger partial charge in [-0.15, -0.1) is 0 Å². The van der Waals surface area contributed by atoms with Crippen LogP contribution in [0.4, 0.5) is 11.5 Å². The van der Waals surface area contributed by atoms with Crippen LogP contribution in [0.25, 0.3) is 0 Å². The SMILES string of the molecule is CC(C)CN(c1cc([N+](=O)[O-])cc(Cl)n1)C1CC1. The molecule has 6 heteroatoms. The Bertz CT molecular complexity index is 461. The highest BCUT2D eigenvalue weighted by Gasteiger charge is 2.31. The first-order valence-electron chi connectivity index (χ1n) is 6.06. The number of pyridine rings is 1. The fourth-order valence-electron chi connectivity index (χ4n) is 1.93. The molecule has 0 atom stereocenters. The van der Waals surface area contributed by atoms with E-state index in [1.165, 1.54) is 12.1 Å². The van der Waals surface area contributed by atoms with Gasteiger partial charge in [0.15, 0.2) is 0 Å². The van der Waals surface area contributed by atoms with E-state index in [0.29, 0.717) is 17.8 Å². The molecule has 5 nitrogen and oxygen atoms in total. The van der Waals surface area contributed by atoms with Gasteiger partial charge in [0.25, 0.3) is 5.69 Å². The molecule has 1 fully saturated rings. The molecule has 1 aliphatic carbocycles. The van der Waals surface area contributed by atoms with Crippen molar-refractivity contribution < 1.29 is 4.92 Å². The van der Waals surface area contributed by atoms with E-state index in [1.54, 1.807) is 0 Å². The molecule has 0 N–H and O–H groups in total. The summed E-state index contributed by atoms with van der Waals surface area (Å²) in [6, 6.07) is 3.25. The Balaban J connectivity index is 2.31. The third-order valence-electron chi connectivity index (χ3n) is 2.82. The monoisotopic (exact) mass is 269 g/mol. The summed E-state index contributed by atoms with van der Waals surface area (Å²) in [5.74, 6) is 1.09. The molecule has 0 radical (unpaired) electrons. The van der Waals surface area contributed by atoms with E-state index in [1.807, 2.05) is 0 Å². The molecule has 0 aliphatic heterocycles. The van der Waals surface area contributed by atoms with Crippen molar-refractivity contribution in [1.29, 1.82) is 0 Å². The average Bonchev–Trinajstić information content (AvgIpc) is 3.08. The summed E-state index contributed by atoms with van der Waals surface area (Å²) in [6.45, 7) is 5.08. The van der Waals surface area contributed by atoms with E-state index in [-0.39, 0.29) is 10.8 Å². The van der Waals surface area contributed by atoms with Crippen LogP contribution < -0.4 is 4.90 Å². The van der Waals surface area contributed by atoms with Crippen molar-refractivity contribution in [3.63, 3.8) is 0 Å². The van der Waals surface area contributed by atoms with Gasteiger partial charge in [-0.3, -0.25) is 10.1 Å². The average molecular weight is 270 g/mol. The summed E-state index contributed by atoms with van der Waals surface area (Å²) in [7, 11) is 0. The second kappa shape index (κ2) is 5.10. The van der Waals surface area contributed by atoms with Crippen LogP contribution in [0.2, 0.25) is 5.15 Å². The van der Waals surface area contributed by atoms with Crippen LogP contribution in [0.3, 0.4) is 0 Å². The van der Waals surface area contributed by atoms with Crippen LogP contribution >= 0.6 is 11.6 Å². The molecule has 1 aliphatic rings. The van der Waals surface area contributed by atoms with Gasteiger partial charge in [-0.2, -0.15) is 0 Å².